The van der Waals surface area contributed by atoms with Crippen molar-refractivity contribution in [3.63, 3.8) is 0 Å². The number of imide groups is 1. The third-order valence-electron chi connectivity index (χ3n) is 3.63. The van der Waals surface area contributed by atoms with E-state index in [0.717, 1.165) is 24.1 Å². The minimum Gasteiger partial charge on any atom is -0.335 e. The van der Waals surface area contributed by atoms with Crippen LogP contribution in [0.15, 0.2) is 29.7 Å². The number of benzene rings is 1. The zero-order valence-electron chi connectivity index (χ0n) is 13.6. The number of nitrogens with one attached hydrogen (secondary N) is 2. The summed E-state index contributed by atoms with van der Waals surface area (Å²) in [7, 11) is 0. The van der Waals surface area contributed by atoms with Gasteiger partial charge in [-0.25, -0.2) is 4.79 Å². The number of carbonyl (C=O) groups excluding carboxylic acids is 2. The lowest BCUT2D eigenvalue weighted by molar-refractivity contribution is -0.117. The molecule has 8 heteroatoms. The third-order valence-corrected chi connectivity index (χ3v) is 4.57. The highest BCUT2D eigenvalue weighted by molar-refractivity contribution is 7.99. The van der Waals surface area contributed by atoms with Crippen molar-refractivity contribution in [2.24, 2.45) is 0 Å². The summed E-state index contributed by atoms with van der Waals surface area (Å²) in [5.74, 6) is -0.255. The number of thioether (sulfide) groups is 1. The maximum Gasteiger partial charge on any atom is 0.321 e. The van der Waals surface area contributed by atoms with Crippen molar-refractivity contribution in [3.8, 4) is 5.69 Å². The number of aromatic nitrogens is 3. The van der Waals surface area contributed by atoms with Crippen LogP contribution in [0, 0.1) is 13.8 Å². The fraction of sp³-hybridized carbons (Fsp3) is 0.375. The fourth-order valence-corrected chi connectivity index (χ4v) is 3.03. The van der Waals surface area contributed by atoms with Gasteiger partial charge in [0, 0.05) is 6.04 Å². The van der Waals surface area contributed by atoms with Crippen LogP contribution in [-0.2, 0) is 4.79 Å². The Balaban J connectivity index is 1.61. The van der Waals surface area contributed by atoms with Crippen molar-refractivity contribution in [1.29, 1.82) is 0 Å². The van der Waals surface area contributed by atoms with E-state index in [2.05, 4.69) is 26.9 Å². The molecule has 1 fully saturated rings. The molecule has 0 bridgehead atoms. The number of hydrogen-bond donors (Lipinski definition) is 2. The van der Waals surface area contributed by atoms with Crippen LogP contribution in [-0.4, -0.2) is 38.5 Å². The molecule has 3 rings (SSSR count). The number of nitrogens with zero attached hydrogens (tertiary/aromatic N) is 3. The van der Waals surface area contributed by atoms with Crippen LogP contribution in [0.25, 0.3) is 5.69 Å². The summed E-state index contributed by atoms with van der Waals surface area (Å²) >= 11 is 1.24. The van der Waals surface area contributed by atoms with Crippen LogP contribution in [0.4, 0.5) is 4.79 Å². The van der Waals surface area contributed by atoms with Crippen molar-refractivity contribution in [2.75, 3.05) is 5.75 Å². The quantitative estimate of drug-likeness (QED) is 0.809. The molecule has 0 spiro atoms. The average Bonchev–Trinajstić information content (AvgIpc) is 3.20. The zero-order chi connectivity index (χ0) is 17.1. The standard InChI is InChI=1S/C16H19N5O2S/c1-10-3-6-13(11(2)7-10)21-9-17-20-16(21)24-8-14(22)19-15(23)18-12-4-5-12/h3,6-7,9,12H,4-5,8H2,1-2H3,(H2,18,19,22,23). The van der Waals surface area contributed by atoms with E-state index in [1.165, 1.54) is 17.3 Å². The van der Waals surface area contributed by atoms with E-state index in [4.69, 9.17) is 0 Å². The van der Waals surface area contributed by atoms with Gasteiger partial charge in [-0.15, -0.1) is 10.2 Å². The Morgan fingerprint density at radius 3 is 2.83 bits per heavy atom. The molecule has 1 aliphatic carbocycles. The first-order valence-corrected chi connectivity index (χ1v) is 8.72. The highest BCUT2D eigenvalue weighted by atomic mass is 32.2. The Kier molecular flexibility index (Phi) is 4.84. The van der Waals surface area contributed by atoms with Crippen molar-refractivity contribution in [2.45, 2.75) is 37.9 Å². The molecule has 0 saturated heterocycles. The first kappa shape index (κ1) is 16.5. The molecule has 1 aliphatic rings. The monoisotopic (exact) mass is 345 g/mol. The van der Waals surface area contributed by atoms with Gasteiger partial charge in [0.05, 0.1) is 11.4 Å². The smallest absolute Gasteiger partial charge is 0.321 e. The summed E-state index contributed by atoms with van der Waals surface area (Å²) in [6.07, 6.45) is 3.59. The number of urea groups is 1. The van der Waals surface area contributed by atoms with Crippen LogP contribution in [0.5, 0.6) is 0 Å². The second kappa shape index (κ2) is 7.04. The number of amides is 3. The molecule has 2 aromatic rings. The van der Waals surface area contributed by atoms with E-state index < -0.39 is 6.03 Å². The summed E-state index contributed by atoms with van der Waals surface area (Å²) in [6.45, 7) is 4.06. The minimum absolute atomic E-state index is 0.0989. The van der Waals surface area contributed by atoms with E-state index in [9.17, 15) is 9.59 Å². The molecular weight excluding hydrogens is 326 g/mol. The van der Waals surface area contributed by atoms with Crippen LogP contribution >= 0.6 is 11.8 Å². The Bertz CT molecular complexity index is 770. The van der Waals surface area contributed by atoms with Gasteiger partial charge in [0.25, 0.3) is 0 Å². The van der Waals surface area contributed by atoms with E-state index in [0.29, 0.717) is 5.16 Å². The molecule has 0 radical (unpaired) electrons. The van der Waals surface area contributed by atoms with Crippen LogP contribution in [0.1, 0.15) is 24.0 Å². The second-order valence-corrected chi connectivity index (χ2v) is 6.80. The van der Waals surface area contributed by atoms with E-state index in [1.807, 2.05) is 30.5 Å². The van der Waals surface area contributed by atoms with Crippen LogP contribution < -0.4 is 10.6 Å². The normalized spacial score (nSPS) is 13.6. The second-order valence-electron chi connectivity index (χ2n) is 5.86. The lowest BCUT2D eigenvalue weighted by atomic mass is 10.1. The lowest BCUT2D eigenvalue weighted by Crippen LogP contribution is -2.41. The van der Waals surface area contributed by atoms with E-state index >= 15 is 0 Å². The number of hydrogen-bond acceptors (Lipinski definition) is 5. The predicted molar refractivity (Wildman–Crippen MR) is 91.3 cm³/mol. The summed E-state index contributed by atoms with van der Waals surface area (Å²) < 4.78 is 1.84. The first-order valence-electron chi connectivity index (χ1n) is 7.74. The molecule has 126 valence electrons. The van der Waals surface area contributed by atoms with Gasteiger partial charge in [0.15, 0.2) is 5.16 Å². The maximum absolute atomic E-state index is 11.9. The number of rotatable bonds is 5. The van der Waals surface area contributed by atoms with Crippen molar-refractivity contribution >= 4 is 23.7 Å². The largest absolute Gasteiger partial charge is 0.335 e. The lowest BCUT2D eigenvalue weighted by Gasteiger charge is -2.10. The molecule has 24 heavy (non-hydrogen) atoms. The molecule has 3 amide bonds. The van der Waals surface area contributed by atoms with Gasteiger partial charge in [-0.3, -0.25) is 14.7 Å². The number of carbonyl (C=O) groups is 2. The fourth-order valence-electron chi connectivity index (χ4n) is 2.31. The maximum atomic E-state index is 11.9. The topological polar surface area (TPSA) is 88.9 Å². The number of aryl methyl sites for hydroxylation is 2. The van der Waals surface area contributed by atoms with Gasteiger partial charge in [0.2, 0.25) is 5.91 Å². The average molecular weight is 345 g/mol. The van der Waals surface area contributed by atoms with Crippen molar-refractivity contribution < 1.29 is 9.59 Å². The Hall–Kier alpha value is -2.35. The SMILES string of the molecule is Cc1ccc(-n2cnnc2SCC(=O)NC(=O)NC2CC2)c(C)c1. The van der Waals surface area contributed by atoms with Gasteiger partial charge in [-0.05, 0) is 38.3 Å². The molecule has 1 heterocycles. The molecule has 0 unspecified atom stereocenters. The molecule has 7 nitrogen and oxygen atoms in total. The van der Waals surface area contributed by atoms with Gasteiger partial charge in [0.1, 0.15) is 6.33 Å². The highest BCUT2D eigenvalue weighted by Crippen LogP contribution is 2.22. The van der Waals surface area contributed by atoms with Crippen LogP contribution in [0.2, 0.25) is 0 Å². The zero-order valence-corrected chi connectivity index (χ0v) is 14.4. The Morgan fingerprint density at radius 1 is 1.33 bits per heavy atom. The summed E-state index contributed by atoms with van der Waals surface area (Å²) in [6, 6.07) is 5.89. The molecule has 1 aromatic heterocycles. The summed E-state index contributed by atoms with van der Waals surface area (Å²) in [5.41, 5.74) is 3.25. The Labute approximate surface area is 144 Å². The molecule has 2 N–H and O–H groups in total. The Morgan fingerprint density at radius 2 is 2.12 bits per heavy atom. The van der Waals surface area contributed by atoms with Gasteiger partial charge >= 0.3 is 6.03 Å². The third kappa shape index (κ3) is 4.14. The van der Waals surface area contributed by atoms with Gasteiger partial charge in [-0.1, -0.05) is 29.5 Å². The predicted octanol–water partition coefficient (Wildman–Crippen LogP) is 1.96. The van der Waals surface area contributed by atoms with Crippen molar-refractivity contribution in [3.05, 3.63) is 35.7 Å². The summed E-state index contributed by atoms with van der Waals surface area (Å²) in [5, 5.41) is 13.6. The van der Waals surface area contributed by atoms with Gasteiger partial charge in [-0.2, -0.15) is 0 Å². The molecule has 0 atom stereocenters. The molecule has 1 saturated carbocycles. The molecule has 0 aliphatic heterocycles. The highest BCUT2D eigenvalue weighted by Gasteiger charge is 2.24. The molecular formula is C16H19N5O2S. The van der Waals surface area contributed by atoms with E-state index in [1.54, 1.807) is 6.33 Å². The first-order chi connectivity index (χ1) is 11.5. The van der Waals surface area contributed by atoms with Crippen LogP contribution in [0.3, 0.4) is 0 Å². The minimum atomic E-state index is -0.432. The van der Waals surface area contributed by atoms with Gasteiger partial charge < -0.3 is 5.32 Å². The van der Waals surface area contributed by atoms with Crippen molar-refractivity contribution in [1.82, 2.24) is 25.4 Å². The van der Waals surface area contributed by atoms with E-state index in [-0.39, 0.29) is 17.7 Å². The summed E-state index contributed by atoms with van der Waals surface area (Å²) in [4.78, 5) is 23.4. The molecule has 1 aromatic carbocycles.